The lowest BCUT2D eigenvalue weighted by atomic mass is 9.80. The van der Waals surface area contributed by atoms with Crippen molar-refractivity contribution in [2.75, 3.05) is 13.2 Å². The minimum absolute atomic E-state index is 0.0325. The molecule has 2 amide bonds. The Bertz CT molecular complexity index is 1300. The number of aryl methyl sites for hydroxylation is 1. The van der Waals surface area contributed by atoms with Gasteiger partial charge in [-0.3, -0.25) is 0 Å². The van der Waals surface area contributed by atoms with E-state index in [4.69, 9.17) is 4.74 Å². The second-order valence-electron chi connectivity index (χ2n) is 10.5. The topological polar surface area (TPSA) is 61.8 Å². The molecule has 0 aromatic heterocycles. The molecule has 1 saturated heterocycles. The fourth-order valence-electron chi connectivity index (χ4n) is 6.22. The molecule has 2 N–H and O–H groups in total. The minimum atomic E-state index is -0.921. The maximum Gasteiger partial charge on any atom is 0.318 e. The number of carbonyl (C=O) groups excluding carboxylic acids is 1. The number of fused-ring (bicyclic) bond motifs is 1. The number of nitrogens with one attached hydrogen (secondary N) is 1. The van der Waals surface area contributed by atoms with Crippen LogP contribution in [0.15, 0.2) is 115 Å². The molecule has 0 saturated carbocycles. The molecular weight excluding hydrogens is 484 g/mol. The summed E-state index contributed by atoms with van der Waals surface area (Å²) in [5, 5.41) is 14.5. The van der Waals surface area contributed by atoms with Crippen LogP contribution in [0, 0.1) is 0 Å². The van der Waals surface area contributed by atoms with E-state index in [1.165, 1.54) is 11.1 Å². The molecule has 5 heteroatoms. The fourth-order valence-corrected chi connectivity index (χ4v) is 6.22. The van der Waals surface area contributed by atoms with Gasteiger partial charge in [-0.1, -0.05) is 115 Å². The van der Waals surface area contributed by atoms with Crippen molar-refractivity contribution in [3.8, 4) is 0 Å². The van der Waals surface area contributed by atoms with Gasteiger partial charge in [0, 0.05) is 6.54 Å². The van der Waals surface area contributed by atoms with Crippen LogP contribution in [0.3, 0.4) is 0 Å². The Morgan fingerprint density at radius 1 is 0.821 bits per heavy atom. The molecule has 4 aromatic rings. The second kappa shape index (κ2) is 11.0. The van der Waals surface area contributed by atoms with E-state index in [2.05, 4.69) is 59.9 Å². The van der Waals surface area contributed by atoms with Crippen molar-refractivity contribution in [1.29, 1.82) is 0 Å². The van der Waals surface area contributed by atoms with Crippen LogP contribution in [0.5, 0.6) is 0 Å². The lowest BCUT2D eigenvalue weighted by Crippen LogP contribution is -2.44. The van der Waals surface area contributed by atoms with E-state index in [9.17, 15) is 9.90 Å². The van der Waals surface area contributed by atoms with Gasteiger partial charge in [0.2, 0.25) is 0 Å². The van der Waals surface area contributed by atoms with Gasteiger partial charge in [0.15, 0.2) is 0 Å². The van der Waals surface area contributed by atoms with E-state index in [0.29, 0.717) is 6.54 Å². The predicted molar refractivity (Wildman–Crippen MR) is 152 cm³/mol. The number of urea groups is 1. The summed E-state index contributed by atoms with van der Waals surface area (Å²) in [6.07, 6.45) is 2.15. The number of aliphatic hydroxyl groups excluding tert-OH is 1. The highest BCUT2D eigenvalue weighted by Gasteiger charge is 2.42. The van der Waals surface area contributed by atoms with E-state index in [0.717, 1.165) is 36.0 Å². The summed E-state index contributed by atoms with van der Waals surface area (Å²) in [7, 11) is 0. The van der Waals surface area contributed by atoms with Gasteiger partial charge in [-0.2, -0.15) is 0 Å². The number of aliphatic hydroxyl groups is 1. The van der Waals surface area contributed by atoms with Crippen LogP contribution >= 0.6 is 0 Å². The lowest BCUT2D eigenvalue weighted by Gasteiger charge is -2.37. The molecule has 5 nitrogen and oxygen atoms in total. The number of benzene rings is 4. The Morgan fingerprint density at radius 3 is 1.95 bits per heavy atom. The maximum absolute atomic E-state index is 13.1. The fraction of sp³-hybridized carbons (Fsp3) is 0.265. The summed E-state index contributed by atoms with van der Waals surface area (Å²) in [5.74, 6) is 0. The standard InChI is InChI=1S/C34H34N2O3/c37-32(30-23-36(33(38)35-30)31-22-12-14-25-13-10-11-21-29(25)31)24-39-34(26-15-4-1-5-16-26,27-17-6-2-7-18-27)28-19-8-3-9-20-28/h1-11,13,15-21,30-32,37H,12,14,22-24H2,(H,35,38)/t30-,31?,32-/m0/s1. The SMILES string of the molecule is O=C1N[C@H]([C@@H](O)COC(c2ccccc2)(c2ccccc2)c2ccccc2)CN1C1CCCc2ccccc21. The van der Waals surface area contributed by atoms with Crippen molar-refractivity contribution in [2.45, 2.75) is 43.1 Å². The summed E-state index contributed by atoms with van der Waals surface area (Å²) >= 11 is 0. The van der Waals surface area contributed by atoms with Crippen LogP contribution in [0.25, 0.3) is 0 Å². The monoisotopic (exact) mass is 518 g/mol. The first-order valence-corrected chi connectivity index (χ1v) is 13.8. The molecule has 0 spiro atoms. The highest BCUT2D eigenvalue weighted by molar-refractivity contribution is 5.77. The molecule has 3 atom stereocenters. The van der Waals surface area contributed by atoms with Gasteiger partial charge in [0.1, 0.15) is 5.60 Å². The number of nitrogens with zero attached hydrogens (tertiary/aromatic N) is 1. The van der Waals surface area contributed by atoms with Crippen molar-refractivity contribution in [3.05, 3.63) is 143 Å². The van der Waals surface area contributed by atoms with Gasteiger partial charge in [-0.25, -0.2) is 4.79 Å². The molecular formula is C34H34N2O3. The predicted octanol–water partition coefficient (Wildman–Crippen LogP) is 5.83. The first-order valence-electron chi connectivity index (χ1n) is 13.8. The number of hydrogen-bond donors (Lipinski definition) is 2. The Morgan fingerprint density at radius 2 is 1.36 bits per heavy atom. The van der Waals surface area contributed by atoms with E-state index < -0.39 is 17.7 Å². The van der Waals surface area contributed by atoms with Gasteiger partial charge in [0.05, 0.1) is 24.8 Å². The van der Waals surface area contributed by atoms with Crippen LogP contribution in [0.1, 0.15) is 46.7 Å². The van der Waals surface area contributed by atoms with Gasteiger partial charge >= 0.3 is 6.03 Å². The lowest BCUT2D eigenvalue weighted by molar-refractivity contribution is -0.0463. The van der Waals surface area contributed by atoms with Crippen LogP contribution < -0.4 is 5.32 Å². The van der Waals surface area contributed by atoms with Gasteiger partial charge in [0.25, 0.3) is 0 Å². The van der Waals surface area contributed by atoms with Crippen LogP contribution in [-0.4, -0.2) is 41.3 Å². The summed E-state index contributed by atoms with van der Waals surface area (Å²) < 4.78 is 6.81. The molecule has 4 aromatic carbocycles. The highest BCUT2D eigenvalue weighted by Crippen LogP contribution is 2.41. The molecule has 1 fully saturated rings. The molecule has 1 aliphatic heterocycles. The Labute approximate surface area is 230 Å². The highest BCUT2D eigenvalue weighted by atomic mass is 16.5. The average Bonchev–Trinajstić information content (AvgIpc) is 3.40. The van der Waals surface area contributed by atoms with E-state index in [1.54, 1.807) is 0 Å². The van der Waals surface area contributed by atoms with Gasteiger partial charge < -0.3 is 20.1 Å². The second-order valence-corrected chi connectivity index (χ2v) is 10.5. The maximum atomic E-state index is 13.1. The molecule has 1 heterocycles. The summed E-state index contributed by atoms with van der Waals surface area (Å²) in [5.41, 5.74) is 4.55. The third kappa shape index (κ3) is 4.84. The summed E-state index contributed by atoms with van der Waals surface area (Å²) in [6, 6.07) is 38.3. The molecule has 6 rings (SSSR count). The Hall–Kier alpha value is -3.93. The zero-order chi connectivity index (χ0) is 26.7. The number of ether oxygens (including phenoxy) is 1. The third-order valence-corrected chi connectivity index (χ3v) is 8.15. The number of rotatable bonds is 8. The van der Waals surface area contributed by atoms with Crippen LogP contribution in [0.4, 0.5) is 4.79 Å². The van der Waals surface area contributed by atoms with Gasteiger partial charge in [-0.05, 0) is 47.1 Å². The molecule has 39 heavy (non-hydrogen) atoms. The number of hydrogen-bond acceptors (Lipinski definition) is 3. The molecule has 0 radical (unpaired) electrons. The molecule has 0 bridgehead atoms. The van der Waals surface area contributed by atoms with Crippen molar-refractivity contribution in [3.63, 3.8) is 0 Å². The zero-order valence-corrected chi connectivity index (χ0v) is 21.9. The van der Waals surface area contributed by atoms with Crippen molar-refractivity contribution in [2.24, 2.45) is 0 Å². The van der Waals surface area contributed by atoms with Crippen molar-refractivity contribution >= 4 is 6.03 Å². The summed E-state index contributed by atoms with van der Waals surface area (Å²) in [4.78, 5) is 15.0. The van der Waals surface area contributed by atoms with Crippen LogP contribution in [0.2, 0.25) is 0 Å². The average molecular weight is 519 g/mol. The summed E-state index contributed by atoms with van der Waals surface area (Å²) in [6.45, 7) is 0.496. The Balaban J connectivity index is 1.27. The van der Waals surface area contributed by atoms with E-state index in [-0.39, 0.29) is 18.7 Å². The van der Waals surface area contributed by atoms with Gasteiger partial charge in [-0.15, -0.1) is 0 Å². The van der Waals surface area contributed by atoms with Crippen LogP contribution in [-0.2, 0) is 16.8 Å². The molecule has 2 aliphatic rings. The van der Waals surface area contributed by atoms with Crippen molar-refractivity contribution < 1.29 is 14.6 Å². The smallest absolute Gasteiger partial charge is 0.318 e. The number of amides is 2. The quantitative estimate of drug-likeness (QED) is 0.289. The van der Waals surface area contributed by atoms with Crippen molar-refractivity contribution in [1.82, 2.24) is 10.2 Å². The molecule has 1 unspecified atom stereocenters. The third-order valence-electron chi connectivity index (χ3n) is 8.15. The first-order chi connectivity index (χ1) is 19.2. The van der Waals surface area contributed by atoms with E-state index >= 15 is 0 Å². The zero-order valence-electron chi connectivity index (χ0n) is 21.9. The Kier molecular flexibility index (Phi) is 7.18. The van der Waals surface area contributed by atoms with E-state index in [1.807, 2.05) is 65.6 Å². The number of carbonyl (C=O) groups is 1. The largest absolute Gasteiger partial charge is 0.388 e. The minimum Gasteiger partial charge on any atom is -0.388 e. The normalized spacial score (nSPS) is 19.8. The molecule has 198 valence electrons. The first kappa shape index (κ1) is 25.4. The molecule has 1 aliphatic carbocycles.